The van der Waals surface area contributed by atoms with E-state index in [0.29, 0.717) is 61.8 Å². The van der Waals surface area contributed by atoms with Crippen LogP contribution < -0.4 is 56.7 Å². The van der Waals surface area contributed by atoms with Gasteiger partial charge in [-0.05, 0) is 191 Å². The second-order valence-electron chi connectivity index (χ2n) is 28.9. The molecule has 8 aromatic carbocycles. The smallest absolute Gasteiger partial charge is 0.497 e. The SMILES string of the molecule is COc1ccc2c(c1)C(=O)N(C[C@@]1(C#Cc3ccc(S(=O)(=O)C(F)(F)F)cc3)NC(=O)NC1=O)C2.COc1ccc2c(c1)C(=O)N(C[C@@]1(C#Cc3ccc(SC(F)(F)F)cc3)NC(=O)NC1=O)C2.COc1ccc2c(c1)C(=O)N(C[C@]1(C#Cc3ccc(SC(F)(F)F)cc3)NC(=O)NC1=O)C2.O=C1NC(=O)[C@@](C#Cc2ccc(F)cc2)(CN2Cc3ccc(F)cc3C2=O)N1. The number of rotatable bonds is 14. The number of benzene rings is 8. The molecule has 0 spiro atoms. The van der Waals surface area contributed by atoms with Gasteiger partial charge in [0.05, 0.1) is 52.4 Å². The highest BCUT2D eigenvalue weighted by atomic mass is 32.2. The second-order valence-corrected chi connectivity index (χ2v) is 33.1. The first-order chi connectivity index (χ1) is 60.9. The number of carbonyl (C=O) groups excluding carboxylic acids is 12. The van der Waals surface area contributed by atoms with Gasteiger partial charge < -0.3 is 55.1 Å². The van der Waals surface area contributed by atoms with Crippen LogP contribution in [0.4, 0.5) is 67.5 Å². The minimum atomic E-state index is -5.53. The number of nitrogens with zero attached hydrogens (tertiary/aromatic N) is 4. The topological polar surface area (TPSA) is 376 Å². The molecule has 0 aromatic heterocycles. The number of hydrogen-bond acceptors (Lipinski definition) is 19. The summed E-state index contributed by atoms with van der Waals surface area (Å²) in [6, 6.07) is 35.3. The first-order valence-electron chi connectivity index (χ1n) is 37.4. The number of nitrogens with one attached hydrogen (secondary N) is 8. The molecule has 8 heterocycles. The van der Waals surface area contributed by atoms with E-state index < -0.39 is 125 Å². The summed E-state index contributed by atoms with van der Waals surface area (Å²) in [4.78, 5) is 153. The highest BCUT2D eigenvalue weighted by Crippen LogP contribution is 2.40. The molecule has 4 atom stereocenters. The van der Waals surface area contributed by atoms with Crippen molar-refractivity contribution in [2.75, 3.05) is 47.5 Å². The molecule has 8 aromatic rings. The molecule has 8 aliphatic heterocycles. The molecule has 0 unspecified atom stereocenters. The first kappa shape index (κ1) is 91.6. The van der Waals surface area contributed by atoms with Crippen LogP contribution in [0.15, 0.2) is 185 Å². The van der Waals surface area contributed by atoms with Crippen molar-refractivity contribution in [2.24, 2.45) is 0 Å². The molecular formula is C86H61F11N12O17S3. The first-order valence-corrected chi connectivity index (χ1v) is 40.5. The number of sulfone groups is 1. The minimum Gasteiger partial charge on any atom is -0.497 e. The fourth-order valence-corrected chi connectivity index (χ4v) is 15.7. The van der Waals surface area contributed by atoms with E-state index in [2.05, 4.69) is 89.9 Å². The Morgan fingerprint density at radius 1 is 0.349 bits per heavy atom. The maximum atomic E-state index is 13.5. The third-order valence-corrected chi connectivity index (χ3v) is 23.2. The highest BCUT2D eigenvalue weighted by Gasteiger charge is 2.53. The number of ether oxygens (including phenoxy) is 3. The average molecular weight is 1840 g/mol. The zero-order valence-corrected chi connectivity index (χ0v) is 68.9. The number of carbonyl (C=O) groups is 12. The average Bonchev–Trinajstić information content (AvgIpc) is 1.68. The van der Waals surface area contributed by atoms with Crippen LogP contribution in [0.25, 0.3) is 0 Å². The maximum Gasteiger partial charge on any atom is 0.501 e. The van der Waals surface area contributed by atoms with Crippen molar-refractivity contribution in [1.29, 1.82) is 0 Å². The van der Waals surface area contributed by atoms with Crippen molar-refractivity contribution in [1.82, 2.24) is 62.1 Å². The Morgan fingerprint density at radius 3 is 0.845 bits per heavy atom. The van der Waals surface area contributed by atoms with Crippen molar-refractivity contribution in [2.45, 2.75) is 79.5 Å². The number of halogens is 11. The van der Waals surface area contributed by atoms with E-state index in [1.54, 1.807) is 54.6 Å². The molecule has 662 valence electrons. The van der Waals surface area contributed by atoms with Gasteiger partial charge >= 0.3 is 40.6 Å². The van der Waals surface area contributed by atoms with Gasteiger partial charge in [0, 0.05) is 80.5 Å². The zero-order valence-electron chi connectivity index (χ0n) is 66.4. The number of alkyl halides is 9. The van der Waals surface area contributed by atoms with Gasteiger partial charge in [0.1, 0.15) is 28.9 Å². The highest BCUT2D eigenvalue weighted by molar-refractivity contribution is 8.00. The van der Waals surface area contributed by atoms with Crippen LogP contribution in [0.3, 0.4) is 0 Å². The summed E-state index contributed by atoms with van der Waals surface area (Å²) in [6.07, 6.45) is 0. The molecule has 16 rings (SSSR count). The van der Waals surface area contributed by atoms with Crippen LogP contribution in [0, 0.1) is 59.0 Å². The Hall–Kier alpha value is -15.1. The van der Waals surface area contributed by atoms with Crippen molar-refractivity contribution in [3.05, 3.63) is 248 Å². The number of thioether (sulfide) groups is 2. The van der Waals surface area contributed by atoms with Gasteiger partial charge in [0.15, 0.2) is 0 Å². The Morgan fingerprint density at radius 2 is 0.597 bits per heavy atom. The predicted molar refractivity (Wildman–Crippen MR) is 432 cm³/mol. The molecule has 16 amide bonds. The molecule has 43 heteroatoms. The van der Waals surface area contributed by atoms with Gasteiger partial charge in [-0.3, -0.25) is 59.6 Å². The van der Waals surface area contributed by atoms with Gasteiger partial charge in [-0.2, -0.15) is 39.5 Å². The van der Waals surface area contributed by atoms with Crippen molar-refractivity contribution >= 4 is 105 Å². The van der Waals surface area contributed by atoms with Gasteiger partial charge in [0.25, 0.3) is 57.1 Å². The summed E-state index contributed by atoms with van der Waals surface area (Å²) in [5, 5.41) is 18.3. The van der Waals surface area contributed by atoms with E-state index in [1.165, 1.54) is 126 Å². The van der Waals surface area contributed by atoms with Crippen LogP contribution in [-0.2, 0) is 55.2 Å². The standard InChI is InChI=1S/C22H16F3N3O6S.2C22H16F3N3O4S.C20H13F2N3O3/c1-34-15-5-4-14-11-28(18(29)17(14)10-15)12-21(19(30)26-20(31)27-21)9-8-13-2-6-16(7-3-13)35(32,33)22(23,24)25;2*1-32-15-5-4-14-11-28(18(29)17(14)10-15)12-21(19(30)26-20(31)27-21)9-8-13-2-6-16(7-3-13)33-22(23,24)25;21-14-4-1-12(2-5-14)7-8-20(18(27)23-19(28)24-20)11-25-10-13-3-6-15(22)9-16(13)17(25)26/h2-7,10H,11-12H2,1H3,(H2,26,27,30,31);2*2-7,10H,11-12H2,1H3,(H2,26,27,30,31);1-6,9H,10-11H2,(H2,23,24,27,28)/t3*21-;20-/m1101/s1. The Bertz CT molecular complexity index is 6240. The fourth-order valence-electron chi connectivity index (χ4n) is 13.9. The van der Waals surface area contributed by atoms with Gasteiger partial charge in [0.2, 0.25) is 22.2 Å². The molecule has 0 aliphatic carbocycles. The van der Waals surface area contributed by atoms with Gasteiger partial charge in [-0.15, -0.1) is 0 Å². The number of hydrogen-bond donors (Lipinski definition) is 8. The molecule has 29 nitrogen and oxygen atoms in total. The lowest BCUT2D eigenvalue weighted by Crippen LogP contribution is -2.54. The molecule has 8 N–H and O–H groups in total. The molecule has 0 bridgehead atoms. The van der Waals surface area contributed by atoms with Crippen molar-refractivity contribution in [3.8, 4) is 64.6 Å². The quantitative estimate of drug-likeness (QED) is 0.0218. The van der Waals surface area contributed by atoms with Crippen LogP contribution in [0.5, 0.6) is 17.2 Å². The summed E-state index contributed by atoms with van der Waals surface area (Å²) in [5.41, 5.74) is -15.8. The van der Waals surface area contributed by atoms with Gasteiger partial charge in [-0.1, -0.05) is 71.6 Å². The normalized spacial score (nSPS) is 19.7. The Labute approximate surface area is 731 Å². The van der Waals surface area contributed by atoms with Crippen LogP contribution in [0.2, 0.25) is 0 Å². The number of imide groups is 4. The second kappa shape index (κ2) is 36.1. The zero-order chi connectivity index (χ0) is 93.1. The molecule has 4 saturated heterocycles. The summed E-state index contributed by atoms with van der Waals surface area (Å²) in [7, 11) is -1.11. The third kappa shape index (κ3) is 20.6. The van der Waals surface area contributed by atoms with Crippen molar-refractivity contribution < 1.29 is 128 Å². The largest absolute Gasteiger partial charge is 0.501 e. The molecule has 8 aliphatic rings. The molecule has 129 heavy (non-hydrogen) atoms. The lowest BCUT2D eigenvalue weighted by Gasteiger charge is -2.26. The Balaban J connectivity index is 0.000000147. The monoisotopic (exact) mass is 1840 g/mol. The maximum absolute atomic E-state index is 13.5. The lowest BCUT2D eigenvalue weighted by atomic mass is 9.99. The van der Waals surface area contributed by atoms with E-state index in [0.717, 1.165) is 41.5 Å². The number of amides is 16. The molecule has 4 fully saturated rings. The molecule has 0 radical (unpaired) electrons. The number of fused-ring (bicyclic) bond motifs is 4. The Kier molecular flexibility index (Phi) is 25.6. The van der Waals surface area contributed by atoms with E-state index in [9.17, 15) is 114 Å². The lowest BCUT2D eigenvalue weighted by molar-refractivity contribution is -0.123. The van der Waals surface area contributed by atoms with E-state index in [4.69, 9.17) is 14.2 Å². The van der Waals surface area contributed by atoms with Crippen LogP contribution in [0.1, 0.15) is 85.9 Å². The summed E-state index contributed by atoms with van der Waals surface area (Å²) in [6.45, 7) is -0.207. The summed E-state index contributed by atoms with van der Waals surface area (Å²) >= 11 is -0.503. The van der Waals surface area contributed by atoms with E-state index in [1.807, 2.05) is 0 Å². The van der Waals surface area contributed by atoms with Crippen LogP contribution in [-0.4, -0.2) is 186 Å². The summed E-state index contributed by atoms with van der Waals surface area (Å²) < 4.78 is 178. The van der Waals surface area contributed by atoms with E-state index in [-0.39, 0.29) is 109 Å². The molecule has 0 saturated carbocycles. The third-order valence-electron chi connectivity index (χ3n) is 20.2. The predicted octanol–water partition coefficient (Wildman–Crippen LogP) is 8.91. The fraction of sp³-hybridized carbons (Fsp3) is 0.209. The van der Waals surface area contributed by atoms with Gasteiger partial charge in [-0.25, -0.2) is 36.4 Å². The number of urea groups is 4. The molecular weight excluding hydrogens is 1780 g/mol. The minimum absolute atomic E-state index is 0.00877. The van der Waals surface area contributed by atoms with E-state index >= 15 is 0 Å². The number of methoxy groups -OCH3 is 3. The summed E-state index contributed by atoms with van der Waals surface area (Å²) in [5.74, 6) is 17.5. The van der Waals surface area contributed by atoms with Crippen LogP contribution >= 0.6 is 23.5 Å². The van der Waals surface area contributed by atoms with Crippen molar-refractivity contribution in [3.63, 3.8) is 0 Å².